The van der Waals surface area contributed by atoms with Crippen LogP contribution in [0.4, 0.5) is 4.39 Å². The van der Waals surface area contributed by atoms with Crippen LogP contribution in [0.1, 0.15) is 35.4 Å². The van der Waals surface area contributed by atoms with Crippen molar-refractivity contribution in [1.29, 1.82) is 0 Å². The van der Waals surface area contributed by atoms with E-state index in [4.69, 9.17) is 5.73 Å². The largest absolute Gasteiger partial charge is 0.326 e. The fourth-order valence-electron chi connectivity index (χ4n) is 2.63. The Morgan fingerprint density at radius 1 is 1.29 bits per heavy atom. The smallest absolute Gasteiger partial charge is 0.127 e. The molecular weight excluding hydrogens is 283 g/mol. The van der Waals surface area contributed by atoms with Crippen molar-refractivity contribution >= 4 is 11.3 Å². The van der Waals surface area contributed by atoms with Crippen molar-refractivity contribution in [2.24, 2.45) is 5.73 Å². The van der Waals surface area contributed by atoms with E-state index < -0.39 is 0 Å². The molecule has 0 saturated carbocycles. The molecule has 1 heterocycles. The van der Waals surface area contributed by atoms with Gasteiger partial charge in [0.15, 0.2) is 0 Å². The topological polar surface area (TPSA) is 29.3 Å². The van der Waals surface area contributed by atoms with Gasteiger partial charge in [-0.05, 0) is 43.5 Å². The molecule has 0 amide bonds. The third-order valence-electron chi connectivity index (χ3n) is 3.90. The first-order valence-electron chi connectivity index (χ1n) is 7.27. The van der Waals surface area contributed by atoms with Crippen LogP contribution in [-0.2, 0) is 6.54 Å². The van der Waals surface area contributed by atoms with Crippen LogP contribution in [0.15, 0.2) is 35.7 Å². The summed E-state index contributed by atoms with van der Waals surface area (Å²) in [6.07, 6.45) is 0.892. The van der Waals surface area contributed by atoms with E-state index in [9.17, 15) is 4.39 Å². The summed E-state index contributed by atoms with van der Waals surface area (Å²) >= 11 is 1.73. The molecule has 0 bridgehead atoms. The quantitative estimate of drug-likeness (QED) is 0.870. The lowest BCUT2D eigenvalue weighted by Gasteiger charge is -2.32. The highest BCUT2D eigenvalue weighted by molar-refractivity contribution is 7.10. The summed E-state index contributed by atoms with van der Waals surface area (Å²) in [6, 6.07) is 9.21. The van der Waals surface area contributed by atoms with Crippen molar-refractivity contribution in [2.45, 2.75) is 38.9 Å². The zero-order chi connectivity index (χ0) is 15.4. The lowest BCUT2D eigenvalue weighted by atomic mass is 10.0. The maximum atomic E-state index is 13.9. The van der Waals surface area contributed by atoms with Crippen molar-refractivity contribution in [3.05, 3.63) is 57.5 Å². The monoisotopic (exact) mass is 306 g/mol. The molecule has 2 atom stereocenters. The Morgan fingerprint density at radius 2 is 2.00 bits per heavy atom. The number of benzene rings is 1. The van der Waals surface area contributed by atoms with Crippen LogP contribution in [0.2, 0.25) is 0 Å². The van der Waals surface area contributed by atoms with Crippen molar-refractivity contribution in [2.75, 3.05) is 7.05 Å². The number of nitrogens with two attached hydrogens (primary N) is 1. The van der Waals surface area contributed by atoms with Crippen molar-refractivity contribution < 1.29 is 4.39 Å². The SMILES string of the molecule is CCC(N)C(c1sccc1C)N(C)Cc1ccccc1F. The Hall–Kier alpha value is -1.23. The Kier molecular flexibility index (Phi) is 5.51. The van der Waals surface area contributed by atoms with Crippen LogP contribution in [-0.4, -0.2) is 18.0 Å². The van der Waals surface area contributed by atoms with Gasteiger partial charge in [0.05, 0.1) is 6.04 Å². The van der Waals surface area contributed by atoms with E-state index in [2.05, 4.69) is 30.2 Å². The molecule has 2 aromatic rings. The Bertz CT molecular complexity index is 582. The molecule has 0 saturated heterocycles. The van der Waals surface area contributed by atoms with Crippen molar-refractivity contribution in [3.63, 3.8) is 0 Å². The van der Waals surface area contributed by atoms with Crippen LogP contribution < -0.4 is 5.73 Å². The van der Waals surface area contributed by atoms with E-state index in [1.807, 2.05) is 19.2 Å². The predicted octanol–water partition coefficient (Wildman–Crippen LogP) is 4.11. The van der Waals surface area contributed by atoms with E-state index in [0.717, 1.165) is 6.42 Å². The second-order valence-electron chi connectivity index (χ2n) is 5.49. The van der Waals surface area contributed by atoms with Gasteiger partial charge in [0.2, 0.25) is 0 Å². The molecule has 0 spiro atoms. The molecule has 0 radical (unpaired) electrons. The molecule has 0 aliphatic carbocycles. The van der Waals surface area contributed by atoms with Gasteiger partial charge in [-0.1, -0.05) is 25.1 Å². The number of rotatable bonds is 6. The second-order valence-corrected chi connectivity index (χ2v) is 6.44. The van der Waals surface area contributed by atoms with Crippen molar-refractivity contribution in [3.8, 4) is 0 Å². The molecule has 0 aliphatic rings. The predicted molar refractivity (Wildman–Crippen MR) is 87.9 cm³/mol. The van der Waals surface area contributed by atoms with E-state index in [1.165, 1.54) is 16.5 Å². The van der Waals surface area contributed by atoms with Gasteiger partial charge in [-0.3, -0.25) is 4.90 Å². The average Bonchev–Trinajstić information content (AvgIpc) is 2.87. The van der Waals surface area contributed by atoms with E-state index in [-0.39, 0.29) is 17.9 Å². The Balaban J connectivity index is 2.25. The minimum absolute atomic E-state index is 0.0409. The second kappa shape index (κ2) is 7.16. The van der Waals surface area contributed by atoms with E-state index in [1.54, 1.807) is 17.4 Å². The van der Waals surface area contributed by atoms with Gasteiger partial charge in [-0.15, -0.1) is 11.3 Å². The molecule has 4 heteroatoms. The van der Waals surface area contributed by atoms with Gasteiger partial charge < -0.3 is 5.73 Å². The summed E-state index contributed by atoms with van der Waals surface area (Å²) in [4.78, 5) is 3.44. The van der Waals surface area contributed by atoms with Crippen LogP contribution in [0, 0.1) is 12.7 Å². The number of halogens is 1. The van der Waals surface area contributed by atoms with Gasteiger partial charge in [-0.25, -0.2) is 4.39 Å². The van der Waals surface area contributed by atoms with Gasteiger partial charge in [0, 0.05) is 23.0 Å². The maximum absolute atomic E-state index is 13.9. The number of hydrogen-bond donors (Lipinski definition) is 1. The third-order valence-corrected chi connectivity index (χ3v) is 4.99. The van der Waals surface area contributed by atoms with Crippen molar-refractivity contribution in [1.82, 2.24) is 4.90 Å². The van der Waals surface area contributed by atoms with E-state index >= 15 is 0 Å². The number of hydrogen-bond acceptors (Lipinski definition) is 3. The van der Waals surface area contributed by atoms with Gasteiger partial charge in [0.25, 0.3) is 0 Å². The highest BCUT2D eigenvalue weighted by atomic mass is 32.1. The van der Waals surface area contributed by atoms with Gasteiger partial charge >= 0.3 is 0 Å². The summed E-state index contributed by atoms with van der Waals surface area (Å²) in [5.74, 6) is -0.156. The highest BCUT2D eigenvalue weighted by Crippen LogP contribution is 2.32. The minimum atomic E-state index is -0.156. The third kappa shape index (κ3) is 3.70. The Morgan fingerprint density at radius 3 is 2.57 bits per heavy atom. The molecule has 2 rings (SSSR count). The van der Waals surface area contributed by atoms with Gasteiger partial charge in [-0.2, -0.15) is 0 Å². The molecule has 2 unspecified atom stereocenters. The molecule has 2 nitrogen and oxygen atoms in total. The van der Waals surface area contributed by atoms with Crippen LogP contribution >= 0.6 is 11.3 Å². The Labute approximate surface area is 130 Å². The highest BCUT2D eigenvalue weighted by Gasteiger charge is 2.26. The van der Waals surface area contributed by atoms with E-state index in [0.29, 0.717) is 12.1 Å². The summed E-state index contributed by atoms with van der Waals surface area (Å²) in [5, 5.41) is 2.09. The molecule has 114 valence electrons. The minimum Gasteiger partial charge on any atom is -0.326 e. The summed E-state index contributed by atoms with van der Waals surface area (Å²) in [7, 11) is 2.02. The zero-order valence-electron chi connectivity index (χ0n) is 12.8. The number of nitrogens with zero attached hydrogens (tertiary/aromatic N) is 1. The summed E-state index contributed by atoms with van der Waals surface area (Å²) < 4.78 is 13.9. The van der Waals surface area contributed by atoms with Crippen LogP contribution in [0.3, 0.4) is 0 Å². The lowest BCUT2D eigenvalue weighted by molar-refractivity contribution is 0.202. The fraction of sp³-hybridized carbons (Fsp3) is 0.412. The first kappa shape index (κ1) is 16.1. The fourth-order valence-corrected chi connectivity index (χ4v) is 3.79. The molecule has 0 aliphatic heterocycles. The first-order valence-corrected chi connectivity index (χ1v) is 8.15. The molecule has 2 N–H and O–H groups in total. The lowest BCUT2D eigenvalue weighted by Crippen LogP contribution is -2.38. The average molecular weight is 306 g/mol. The molecular formula is C17H23FN2S. The first-order chi connectivity index (χ1) is 10.0. The summed E-state index contributed by atoms with van der Waals surface area (Å²) in [5.41, 5.74) is 8.31. The molecule has 1 aromatic carbocycles. The molecule has 1 aromatic heterocycles. The standard InChI is InChI=1S/C17H23FN2S/c1-4-15(19)16(17-12(2)9-10-21-17)20(3)11-13-7-5-6-8-14(13)18/h5-10,15-16H,4,11,19H2,1-3H3. The number of aryl methyl sites for hydroxylation is 1. The molecule has 0 fully saturated rings. The zero-order valence-corrected chi connectivity index (χ0v) is 13.7. The van der Waals surface area contributed by atoms with Gasteiger partial charge in [0.1, 0.15) is 5.82 Å². The maximum Gasteiger partial charge on any atom is 0.127 e. The summed E-state index contributed by atoms with van der Waals surface area (Å²) in [6.45, 7) is 4.76. The normalized spacial score (nSPS) is 14.4. The van der Waals surface area contributed by atoms with Crippen LogP contribution in [0.5, 0.6) is 0 Å². The number of likely N-dealkylation sites (N-methyl/N-ethyl adjacent to an activating group) is 1. The molecule has 21 heavy (non-hydrogen) atoms. The van der Waals surface area contributed by atoms with Crippen LogP contribution in [0.25, 0.3) is 0 Å². The number of thiophene rings is 1.